The molecule has 2 amide bonds. The lowest BCUT2D eigenvalue weighted by atomic mass is 9.97. The van der Waals surface area contributed by atoms with Gasteiger partial charge in [0.1, 0.15) is 0 Å². The van der Waals surface area contributed by atoms with Gasteiger partial charge in [0.2, 0.25) is 6.41 Å². The highest BCUT2D eigenvalue weighted by atomic mass is 35.5. The molecule has 3 fully saturated rings. The fraction of sp³-hybridized carbons (Fsp3) is 0.600. The first-order valence-corrected chi connectivity index (χ1v) is 10.4. The van der Waals surface area contributed by atoms with E-state index in [-0.39, 0.29) is 5.91 Å². The summed E-state index contributed by atoms with van der Waals surface area (Å²) in [7, 11) is 0. The summed E-state index contributed by atoms with van der Waals surface area (Å²) in [5, 5.41) is 4.00. The van der Waals surface area contributed by atoms with Crippen molar-refractivity contribution in [3.8, 4) is 0 Å². The number of halogens is 1. The van der Waals surface area contributed by atoms with Crippen LogP contribution in [0.15, 0.2) is 18.2 Å². The number of anilines is 1. The van der Waals surface area contributed by atoms with E-state index in [1.807, 2.05) is 23.1 Å². The topological polar surface area (TPSA) is 65.1 Å². The Morgan fingerprint density at radius 3 is 2.50 bits per heavy atom. The Hall–Kier alpha value is -1.83. The molecule has 152 valence electrons. The second-order valence-corrected chi connectivity index (χ2v) is 8.17. The van der Waals surface area contributed by atoms with E-state index in [2.05, 4.69) is 10.2 Å². The van der Waals surface area contributed by atoms with Crippen molar-refractivity contribution in [2.45, 2.75) is 24.9 Å². The maximum absolute atomic E-state index is 12.6. The second kappa shape index (κ2) is 8.68. The van der Waals surface area contributed by atoms with Gasteiger partial charge in [-0.2, -0.15) is 0 Å². The Balaban J connectivity index is 1.27. The quantitative estimate of drug-likeness (QED) is 0.751. The van der Waals surface area contributed by atoms with Crippen LogP contribution in [0.5, 0.6) is 0 Å². The van der Waals surface area contributed by atoms with Gasteiger partial charge in [-0.15, -0.1) is 0 Å². The molecule has 28 heavy (non-hydrogen) atoms. The van der Waals surface area contributed by atoms with Gasteiger partial charge in [-0.3, -0.25) is 14.5 Å². The van der Waals surface area contributed by atoms with Gasteiger partial charge < -0.3 is 19.9 Å². The highest BCUT2D eigenvalue weighted by Gasteiger charge is 2.34. The zero-order chi connectivity index (χ0) is 19.5. The number of nitrogens with one attached hydrogen (secondary N) is 1. The van der Waals surface area contributed by atoms with Crippen molar-refractivity contribution >= 4 is 29.6 Å². The summed E-state index contributed by atoms with van der Waals surface area (Å²) in [5.74, 6) is -0.0312. The van der Waals surface area contributed by atoms with Gasteiger partial charge in [0.25, 0.3) is 5.91 Å². The lowest BCUT2D eigenvalue weighted by molar-refractivity contribution is -0.119. The summed E-state index contributed by atoms with van der Waals surface area (Å²) >= 11 is 6.40. The molecule has 0 atom stereocenters. The predicted molar refractivity (Wildman–Crippen MR) is 108 cm³/mol. The third-order valence-electron chi connectivity index (χ3n) is 5.94. The number of carbonyl (C=O) groups is 2. The molecular weight excluding hydrogens is 380 g/mol. The summed E-state index contributed by atoms with van der Waals surface area (Å²) in [6.45, 7) is 6.09. The van der Waals surface area contributed by atoms with Gasteiger partial charge in [0, 0.05) is 51.0 Å². The van der Waals surface area contributed by atoms with Crippen LogP contribution < -0.4 is 5.32 Å². The third-order valence-corrected chi connectivity index (χ3v) is 6.26. The number of hydrogen-bond donors (Lipinski definition) is 1. The first-order valence-electron chi connectivity index (χ1n) is 10.0. The number of ether oxygens (including phenoxy) is 1. The molecule has 3 aliphatic heterocycles. The minimum absolute atomic E-state index is 0.0312. The summed E-state index contributed by atoms with van der Waals surface area (Å²) in [5.41, 5.74) is 1.50. The summed E-state index contributed by atoms with van der Waals surface area (Å²) < 4.78 is 5.30. The number of amides is 2. The SMILES string of the molecule is O=CN1CCC(N2CC(Nc3ccc(C(=O)N4CCOCC4)c(Cl)c3)C2)CC1. The zero-order valence-corrected chi connectivity index (χ0v) is 16.7. The molecule has 3 heterocycles. The van der Waals surface area contributed by atoms with Crippen molar-refractivity contribution < 1.29 is 14.3 Å². The number of hydrogen-bond acceptors (Lipinski definition) is 5. The van der Waals surface area contributed by atoms with Gasteiger partial charge in [-0.05, 0) is 31.0 Å². The second-order valence-electron chi connectivity index (χ2n) is 7.77. The number of piperidine rings is 1. The molecule has 0 unspecified atom stereocenters. The number of benzene rings is 1. The first kappa shape index (κ1) is 19.5. The molecule has 0 aromatic heterocycles. The predicted octanol–water partition coefficient (Wildman–Crippen LogP) is 1.53. The molecule has 1 N–H and O–H groups in total. The highest BCUT2D eigenvalue weighted by Crippen LogP contribution is 2.26. The van der Waals surface area contributed by atoms with Gasteiger partial charge in [-0.1, -0.05) is 11.6 Å². The number of carbonyl (C=O) groups excluding carboxylic acids is 2. The van der Waals surface area contributed by atoms with Gasteiger partial charge >= 0.3 is 0 Å². The van der Waals surface area contributed by atoms with E-state index in [9.17, 15) is 9.59 Å². The van der Waals surface area contributed by atoms with Gasteiger partial charge in [0.15, 0.2) is 0 Å². The molecule has 4 rings (SSSR count). The molecule has 3 aliphatic rings. The van der Waals surface area contributed by atoms with Gasteiger partial charge in [-0.25, -0.2) is 0 Å². The summed E-state index contributed by atoms with van der Waals surface area (Å²) in [6, 6.07) is 6.56. The smallest absolute Gasteiger partial charge is 0.255 e. The van der Waals surface area contributed by atoms with Crippen LogP contribution in [0, 0.1) is 0 Å². The summed E-state index contributed by atoms with van der Waals surface area (Å²) in [4.78, 5) is 29.6. The number of morpholine rings is 1. The van der Waals surface area contributed by atoms with Crippen LogP contribution in [0.4, 0.5) is 5.69 Å². The minimum atomic E-state index is -0.0312. The Morgan fingerprint density at radius 2 is 1.86 bits per heavy atom. The molecule has 0 aliphatic carbocycles. The van der Waals surface area contributed by atoms with Crippen LogP contribution in [0.3, 0.4) is 0 Å². The zero-order valence-electron chi connectivity index (χ0n) is 16.0. The molecular formula is C20H27ClN4O3. The number of nitrogens with zero attached hydrogens (tertiary/aromatic N) is 3. The lowest BCUT2D eigenvalue weighted by Gasteiger charge is -2.47. The van der Waals surface area contributed by atoms with Crippen molar-refractivity contribution in [3.05, 3.63) is 28.8 Å². The van der Waals surface area contributed by atoms with E-state index in [0.29, 0.717) is 49.0 Å². The highest BCUT2D eigenvalue weighted by molar-refractivity contribution is 6.34. The molecule has 1 aromatic rings. The Bertz CT molecular complexity index is 711. The standard InChI is InChI=1S/C20H27ClN4O3/c21-19-11-15(1-2-18(19)20(27)24-7-9-28-10-8-24)22-16-12-25(13-16)17-3-5-23(14-26)6-4-17/h1-2,11,14,16-17,22H,3-10,12-13H2. The van der Waals surface area contributed by atoms with Crippen LogP contribution in [0.25, 0.3) is 0 Å². The van der Waals surface area contributed by atoms with E-state index in [1.165, 1.54) is 0 Å². The molecule has 3 saturated heterocycles. The number of rotatable bonds is 5. The molecule has 8 heteroatoms. The minimum Gasteiger partial charge on any atom is -0.380 e. The van der Waals surface area contributed by atoms with E-state index < -0.39 is 0 Å². The van der Waals surface area contributed by atoms with Crippen molar-refractivity contribution in [2.24, 2.45) is 0 Å². The van der Waals surface area contributed by atoms with Crippen LogP contribution in [-0.2, 0) is 9.53 Å². The number of likely N-dealkylation sites (tertiary alicyclic amines) is 2. The normalized spacial score (nSPS) is 22.0. The maximum Gasteiger partial charge on any atom is 0.255 e. The molecule has 0 spiro atoms. The fourth-order valence-corrected chi connectivity index (χ4v) is 4.47. The van der Waals surface area contributed by atoms with Crippen molar-refractivity contribution in [3.63, 3.8) is 0 Å². The average Bonchev–Trinajstić information content (AvgIpc) is 2.71. The average molecular weight is 407 g/mol. The van der Waals surface area contributed by atoms with E-state index in [0.717, 1.165) is 51.1 Å². The van der Waals surface area contributed by atoms with Gasteiger partial charge in [0.05, 0.1) is 29.8 Å². The van der Waals surface area contributed by atoms with Crippen LogP contribution in [-0.4, -0.2) is 91.6 Å². The first-order chi connectivity index (χ1) is 13.6. The van der Waals surface area contributed by atoms with Crippen LogP contribution in [0.1, 0.15) is 23.2 Å². The third kappa shape index (κ3) is 4.26. The van der Waals surface area contributed by atoms with E-state index in [4.69, 9.17) is 16.3 Å². The van der Waals surface area contributed by atoms with Crippen molar-refractivity contribution in [1.29, 1.82) is 0 Å². The van der Waals surface area contributed by atoms with Crippen LogP contribution >= 0.6 is 11.6 Å². The molecule has 0 saturated carbocycles. The fourth-order valence-electron chi connectivity index (χ4n) is 4.21. The maximum atomic E-state index is 12.6. The van der Waals surface area contributed by atoms with Crippen molar-refractivity contribution in [2.75, 3.05) is 57.8 Å². The monoisotopic (exact) mass is 406 g/mol. The van der Waals surface area contributed by atoms with E-state index >= 15 is 0 Å². The Labute approximate surface area is 170 Å². The Morgan fingerprint density at radius 1 is 1.14 bits per heavy atom. The van der Waals surface area contributed by atoms with Crippen LogP contribution in [0.2, 0.25) is 5.02 Å². The van der Waals surface area contributed by atoms with E-state index in [1.54, 1.807) is 4.90 Å². The van der Waals surface area contributed by atoms with Crippen molar-refractivity contribution in [1.82, 2.24) is 14.7 Å². The molecule has 7 nitrogen and oxygen atoms in total. The molecule has 0 bridgehead atoms. The largest absolute Gasteiger partial charge is 0.380 e. The lowest BCUT2D eigenvalue weighted by Crippen LogP contribution is -2.60. The molecule has 0 radical (unpaired) electrons. The Kier molecular flexibility index (Phi) is 6.04. The molecule has 1 aromatic carbocycles. The summed E-state index contributed by atoms with van der Waals surface area (Å²) in [6.07, 6.45) is 3.05.